The van der Waals surface area contributed by atoms with Gasteiger partial charge in [0.1, 0.15) is 0 Å². The average molecular weight is 387 g/mol. The maximum Gasteiger partial charge on any atom is 0.261 e. The first-order valence-electron chi connectivity index (χ1n) is 9.26. The van der Waals surface area contributed by atoms with E-state index in [0.717, 1.165) is 37.1 Å². The molecule has 0 aliphatic carbocycles. The molecule has 6 heteroatoms. The molecule has 1 aliphatic heterocycles. The van der Waals surface area contributed by atoms with Crippen LogP contribution in [0.1, 0.15) is 41.3 Å². The number of nitrogens with zero attached hydrogens (tertiary/aromatic N) is 1. The van der Waals surface area contributed by atoms with Gasteiger partial charge in [-0.15, -0.1) is 0 Å². The summed E-state index contributed by atoms with van der Waals surface area (Å²) in [5, 5.41) is 0. The number of rotatable bonds is 4. The topological polar surface area (TPSA) is 66.5 Å². The van der Waals surface area contributed by atoms with E-state index in [2.05, 4.69) is 11.6 Å². The molecule has 0 spiro atoms. The minimum absolute atomic E-state index is 0.0341. The monoisotopic (exact) mass is 386 g/mol. The molecule has 2 aromatic carbocycles. The Labute approximate surface area is 161 Å². The van der Waals surface area contributed by atoms with E-state index in [1.54, 1.807) is 12.1 Å². The van der Waals surface area contributed by atoms with Crippen LogP contribution in [0.2, 0.25) is 0 Å². The second-order valence-electron chi connectivity index (χ2n) is 7.40. The largest absolute Gasteiger partial charge is 0.338 e. The van der Waals surface area contributed by atoms with Crippen molar-refractivity contribution in [3.05, 3.63) is 59.2 Å². The first-order chi connectivity index (χ1) is 12.8. The summed E-state index contributed by atoms with van der Waals surface area (Å²) >= 11 is 0. The van der Waals surface area contributed by atoms with Gasteiger partial charge in [0.2, 0.25) is 0 Å². The van der Waals surface area contributed by atoms with Gasteiger partial charge in [-0.05, 0) is 68.0 Å². The molecular weight excluding hydrogens is 360 g/mol. The molecule has 27 heavy (non-hydrogen) atoms. The molecular formula is C21H26N2O3S. The fraction of sp³-hybridized carbons (Fsp3) is 0.381. The number of sulfonamides is 1. The lowest BCUT2D eigenvalue weighted by atomic mass is 9.99. The lowest BCUT2D eigenvalue weighted by Gasteiger charge is -2.31. The Hall–Kier alpha value is -2.34. The Morgan fingerprint density at radius 1 is 1.07 bits per heavy atom. The van der Waals surface area contributed by atoms with Crippen molar-refractivity contribution >= 4 is 21.6 Å². The van der Waals surface area contributed by atoms with Gasteiger partial charge in [0.25, 0.3) is 15.9 Å². The lowest BCUT2D eigenvalue weighted by molar-refractivity contribution is 0.0683. The highest BCUT2D eigenvalue weighted by Crippen LogP contribution is 2.24. The molecule has 1 amide bonds. The zero-order valence-electron chi connectivity index (χ0n) is 16.0. The lowest BCUT2D eigenvalue weighted by Crippen LogP contribution is -2.39. The van der Waals surface area contributed by atoms with Gasteiger partial charge in [0.05, 0.1) is 10.6 Å². The van der Waals surface area contributed by atoms with Gasteiger partial charge in [-0.1, -0.05) is 25.1 Å². The minimum Gasteiger partial charge on any atom is -0.338 e. The third-order valence-corrected chi connectivity index (χ3v) is 6.44. The first-order valence-corrected chi connectivity index (χ1v) is 10.7. The Morgan fingerprint density at radius 3 is 2.30 bits per heavy atom. The second-order valence-corrected chi connectivity index (χ2v) is 9.08. The van der Waals surface area contributed by atoms with Crippen LogP contribution < -0.4 is 4.72 Å². The third kappa shape index (κ3) is 4.33. The summed E-state index contributed by atoms with van der Waals surface area (Å²) in [6.45, 7) is 7.40. The standard InChI is InChI=1S/C21H26N2O3S/c1-15-6-5-13-23(14-15)21(24)18-9-11-19(12-10-18)27(25,26)22-20-16(2)7-4-8-17(20)3/h4,7-12,15,22H,5-6,13-14H2,1-3H3. The summed E-state index contributed by atoms with van der Waals surface area (Å²) in [4.78, 5) is 14.6. The van der Waals surface area contributed by atoms with Gasteiger partial charge < -0.3 is 4.90 Å². The van der Waals surface area contributed by atoms with Gasteiger partial charge in [0.15, 0.2) is 0 Å². The van der Waals surface area contributed by atoms with Crippen LogP contribution in [0, 0.1) is 19.8 Å². The highest BCUT2D eigenvalue weighted by atomic mass is 32.2. The van der Waals surface area contributed by atoms with E-state index in [9.17, 15) is 13.2 Å². The Morgan fingerprint density at radius 2 is 1.70 bits per heavy atom. The van der Waals surface area contributed by atoms with Crippen LogP contribution in [0.15, 0.2) is 47.4 Å². The predicted octanol–water partition coefficient (Wildman–Crippen LogP) is 3.98. The second kappa shape index (κ2) is 7.72. The van der Waals surface area contributed by atoms with Crippen LogP contribution in [-0.2, 0) is 10.0 Å². The molecule has 1 fully saturated rings. The zero-order valence-corrected chi connectivity index (χ0v) is 16.8. The highest BCUT2D eigenvalue weighted by Gasteiger charge is 2.23. The van der Waals surface area contributed by atoms with Crippen molar-refractivity contribution in [2.45, 2.75) is 38.5 Å². The number of carbonyl (C=O) groups is 1. The quantitative estimate of drug-likeness (QED) is 0.864. The van der Waals surface area contributed by atoms with Crippen molar-refractivity contribution in [3.8, 4) is 0 Å². The number of nitrogens with one attached hydrogen (secondary N) is 1. The Bertz CT molecular complexity index is 916. The molecule has 1 unspecified atom stereocenters. The predicted molar refractivity (Wildman–Crippen MR) is 107 cm³/mol. The van der Waals surface area contributed by atoms with Crippen molar-refractivity contribution in [2.24, 2.45) is 5.92 Å². The molecule has 0 saturated carbocycles. The fourth-order valence-corrected chi connectivity index (χ4v) is 4.70. The van der Waals surface area contributed by atoms with Crippen molar-refractivity contribution in [3.63, 3.8) is 0 Å². The summed E-state index contributed by atoms with van der Waals surface area (Å²) in [7, 11) is -3.71. The minimum atomic E-state index is -3.71. The number of hydrogen-bond acceptors (Lipinski definition) is 3. The van der Waals surface area contributed by atoms with Gasteiger partial charge in [-0.25, -0.2) is 8.42 Å². The maximum absolute atomic E-state index is 12.7. The normalized spacial score (nSPS) is 17.6. The number of benzene rings is 2. The van der Waals surface area contributed by atoms with Gasteiger partial charge in [-0.2, -0.15) is 0 Å². The molecule has 1 aliphatic rings. The molecule has 1 atom stereocenters. The van der Waals surface area contributed by atoms with Crippen molar-refractivity contribution < 1.29 is 13.2 Å². The number of aryl methyl sites for hydroxylation is 2. The molecule has 1 N–H and O–H groups in total. The van der Waals surface area contributed by atoms with E-state index in [1.807, 2.05) is 36.9 Å². The molecule has 2 aromatic rings. The molecule has 0 radical (unpaired) electrons. The summed E-state index contributed by atoms with van der Waals surface area (Å²) in [6, 6.07) is 11.8. The Kier molecular flexibility index (Phi) is 5.56. The van der Waals surface area contributed by atoms with Crippen LogP contribution in [0.3, 0.4) is 0 Å². The summed E-state index contributed by atoms with van der Waals surface area (Å²) < 4.78 is 28.1. The number of piperidine rings is 1. The van der Waals surface area contributed by atoms with E-state index in [0.29, 0.717) is 17.2 Å². The molecule has 0 aromatic heterocycles. The molecule has 3 rings (SSSR count). The number of para-hydroxylation sites is 1. The highest BCUT2D eigenvalue weighted by molar-refractivity contribution is 7.92. The number of anilines is 1. The fourth-order valence-electron chi connectivity index (χ4n) is 3.50. The smallest absolute Gasteiger partial charge is 0.261 e. The molecule has 1 saturated heterocycles. The van der Waals surface area contributed by atoms with E-state index >= 15 is 0 Å². The van der Waals surface area contributed by atoms with Crippen LogP contribution in [-0.4, -0.2) is 32.3 Å². The van der Waals surface area contributed by atoms with Crippen LogP contribution in [0.25, 0.3) is 0 Å². The number of amides is 1. The summed E-state index contributed by atoms with van der Waals surface area (Å²) in [6.07, 6.45) is 2.16. The number of likely N-dealkylation sites (tertiary alicyclic amines) is 1. The summed E-state index contributed by atoms with van der Waals surface area (Å²) in [5.41, 5.74) is 2.85. The average Bonchev–Trinajstić information content (AvgIpc) is 2.64. The third-order valence-electron chi connectivity index (χ3n) is 5.07. The molecule has 144 valence electrons. The zero-order chi connectivity index (χ0) is 19.6. The van der Waals surface area contributed by atoms with Crippen LogP contribution in [0.5, 0.6) is 0 Å². The SMILES string of the molecule is Cc1cccc(C)c1NS(=O)(=O)c1ccc(C(=O)N2CCCC(C)C2)cc1. The van der Waals surface area contributed by atoms with Gasteiger partial charge >= 0.3 is 0 Å². The maximum atomic E-state index is 12.7. The first kappa shape index (κ1) is 19.4. The molecule has 5 nitrogen and oxygen atoms in total. The van der Waals surface area contributed by atoms with Crippen molar-refractivity contribution in [1.29, 1.82) is 0 Å². The van der Waals surface area contributed by atoms with Crippen LogP contribution >= 0.6 is 0 Å². The number of carbonyl (C=O) groups excluding carboxylic acids is 1. The van der Waals surface area contributed by atoms with E-state index < -0.39 is 10.0 Å². The molecule has 1 heterocycles. The van der Waals surface area contributed by atoms with Gasteiger partial charge in [-0.3, -0.25) is 9.52 Å². The van der Waals surface area contributed by atoms with Gasteiger partial charge in [0, 0.05) is 18.7 Å². The summed E-state index contributed by atoms with van der Waals surface area (Å²) in [5.74, 6) is 0.470. The van der Waals surface area contributed by atoms with E-state index in [-0.39, 0.29) is 10.8 Å². The van der Waals surface area contributed by atoms with Crippen LogP contribution in [0.4, 0.5) is 5.69 Å². The van der Waals surface area contributed by atoms with E-state index in [4.69, 9.17) is 0 Å². The Balaban J connectivity index is 1.79. The van der Waals surface area contributed by atoms with E-state index in [1.165, 1.54) is 12.1 Å². The van der Waals surface area contributed by atoms with Crippen molar-refractivity contribution in [1.82, 2.24) is 4.90 Å². The number of hydrogen-bond donors (Lipinski definition) is 1. The van der Waals surface area contributed by atoms with Crippen molar-refractivity contribution in [2.75, 3.05) is 17.8 Å². The molecule has 0 bridgehead atoms.